The smallest absolute Gasteiger partial charge is 0.0469 e. The van der Waals surface area contributed by atoms with Crippen molar-refractivity contribution in [2.75, 3.05) is 32.8 Å². The van der Waals surface area contributed by atoms with Crippen LogP contribution in [-0.4, -0.2) is 49.8 Å². The van der Waals surface area contributed by atoms with Crippen molar-refractivity contribution >= 4 is 0 Å². The lowest BCUT2D eigenvalue weighted by molar-refractivity contribution is 0.0344. The van der Waals surface area contributed by atoms with Gasteiger partial charge < -0.3 is 10.1 Å². The molecule has 0 aromatic rings. The van der Waals surface area contributed by atoms with Crippen molar-refractivity contribution in [1.82, 2.24) is 10.2 Å². The van der Waals surface area contributed by atoms with E-state index in [0.717, 1.165) is 31.2 Å². The highest BCUT2D eigenvalue weighted by atomic mass is 16.5. The standard InChI is InChI=1S/C15H30N2O/c1-3-5-14-12-17(15(4-2)10-16-14)11-13-6-8-18-9-7-13/h13-16H,3-12H2,1-2H3. The summed E-state index contributed by atoms with van der Waals surface area (Å²) in [7, 11) is 0. The summed E-state index contributed by atoms with van der Waals surface area (Å²) >= 11 is 0. The molecule has 0 amide bonds. The molecular formula is C15H30N2O. The highest BCUT2D eigenvalue weighted by Gasteiger charge is 2.28. The molecule has 2 unspecified atom stereocenters. The van der Waals surface area contributed by atoms with Gasteiger partial charge in [-0.25, -0.2) is 0 Å². The molecule has 1 N–H and O–H groups in total. The molecule has 0 spiro atoms. The van der Waals surface area contributed by atoms with Crippen molar-refractivity contribution in [2.45, 2.75) is 58.0 Å². The summed E-state index contributed by atoms with van der Waals surface area (Å²) in [4.78, 5) is 2.76. The normalized spacial score (nSPS) is 31.7. The molecule has 2 aliphatic rings. The Labute approximate surface area is 112 Å². The molecule has 0 aromatic carbocycles. The molecule has 2 rings (SSSR count). The third-order valence-electron chi connectivity index (χ3n) is 4.56. The lowest BCUT2D eigenvalue weighted by Crippen LogP contribution is -2.57. The van der Waals surface area contributed by atoms with Crippen LogP contribution < -0.4 is 5.32 Å². The largest absolute Gasteiger partial charge is 0.381 e. The van der Waals surface area contributed by atoms with Crippen LogP contribution in [0.25, 0.3) is 0 Å². The number of hydrogen-bond acceptors (Lipinski definition) is 3. The van der Waals surface area contributed by atoms with Crippen molar-refractivity contribution in [3.63, 3.8) is 0 Å². The first-order chi connectivity index (χ1) is 8.83. The fourth-order valence-corrected chi connectivity index (χ4v) is 3.36. The van der Waals surface area contributed by atoms with E-state index in [1.54, 1.807) is 0 Å². The van der Waals surface area contributed by atoms with Crippen LogP contribution in [0.5, 0.6) is 0 Å². The number of nitrogens with zero attached hydrogens (tertiary/aromatic N) is 1. The molecule has 0 radical (unpaired) electrons. The van der Waals surface area contributed by atoms with Gasteiger partial charge in [-0.05, 0) is 31.6 Å². The number of piperazine rings is 1. The van der Waals surface area contributed by atoms with Crippen LogP contribution in [0.3, 0.4) is 0 Å². The van der Waals surface area contributed by atoms with E-state index < -0.39 is 0 Å². The minimum Gasteiger partial charge on any atom is -0.381 e. The average molecular weight is 254 g/mol. The van der Waals surface area contributed by atoms with Gasteiger partial charge in [-0.15, -0.1) is 0 Å². The molecule has 0 saturated carbocycles. The van der Waals surface area contributed by atoms with E-state index in [1.807, 2.05) is 0 Å². The molecule has 18 heavy (non-hydrogen) atoms. The highest BCUT2D eigenvalue weighted by molar-refractivity contribution is 4.86. The van der Waals surface area contributed by atoms with Gasteiger partial charge in [-0.1, -0.05) is 20.3 Å². The predicted molar refractivity (Wildman–Crippen MR) is 75.9 cm³/mol. The summed E-state index contributed by atoms with van der Waals surface area (Å²) < 4.78 is 5.47. The number of hydrogen-bond donors (Lipinski definition) is 1. The van der Waals surface area contributed by atoms with Crippen molar-refractivity contribution in [3.8, 4) is 0 Å². The SMILES string of the molecule is CCCC1CN(CC2CCOCC2)C(CC)CN1. The number of rotatable bonds is 5. The minimum atomic E-state index is 0.720. The zero-order chi connectivity index (χ0) is 12.8. The second kappa shape index (κ2) is 7.46. The van der Waals surface area contributed by atoms with Crippen molar-refractivity contribution in [3.05, 3.63) is 0 Å². The quantitative estimate of drug-likeness (QED) is 0.814. The van der Waals surface area contributed by atoms with Crippen molar-refractivity contribution < 1.29 is 4.74 Å². The van der Waals surface area contributed by atoms with Gasteiger partial charge in [0.15, 0.2) is 0 Å². The van der Waals surface area contributed by atoms with E-state index in [4.69, 9.17) is 4.74 Å². The Hall–Kier alpha value is -0.120. The third kappa shape index (κ3) is 3.94. The zero-order valence-corrected chi connectivity index (χ0v) is 12.2. The Morgan fingerprint density at radius 2 is 2.00 bits per heavy atom. The van der Waals surface area contributed by atoms with Gasteiger partial charge in [-0.2, -0.15) is 0 Å². The van der Waals surface area contributed by atoms with Crippen molar-refractivity contribution in [2.24, 2.45) is 5.92 Å². The Bertz CT molecular complexity index is 229. The van der Waals surface area contributed by atoms with Crippen LogP contribution in [0, 0.1) is 5.92 Å². The van der Waals surface area contributed by atoms with Crippen LogP contribution in [0.15, 0.2) is 0 Å². The number of nitrogens with one attached hydrogen (secondary N) is 1. The fourth-order valence-electron chi connectivity index (χ4n) is 3.36. The average Bonchev–Trinajstić information content (AvgIpc) is 2.41. The predicted octanol–water partition coefficient (Wildman–Crippen LogP) is 2.27. The molecule has 0 aliphatic carbocycles. The Morgan fingerprint density at radius 1 is 1.22 bits per heavy atom. The summed E-state index contributed by atoms with van der Waals surface area (Å²) in [6.07, 6.45) is 6.41. The molecule has 0 aromatic heterocycles. The van der Waals surface area contributed by atoms with Crippen LogP contribution in [0.2, 0.25) is 0 Å². The summed E-state index contributed by atoms with van der Waals surface area (Å²) in [5.74, 6) is 0.869. The maximum Gasteiger partial charge on any atom is 0.0469 e. The lowest BCUT2D eigenvalue weighted by atomic mass is 9.96. The highest BCUT2D eigenvalue weighted by Crippen LogP contribution is 2.20. The molecule has 3 nitrogen and oxygen atoms in total. The van der Waals surface area contributed by atoms with E-state index in [2.05, 4.69) is 24.1 Å². The summed E-state index contributed by atoms with van der Waals surface area (Å²) in [6.45, 7) is 10.3. The first kappa shape index (κ1) is 14.3. The molecule has 106 valence electrons. The maximum atomic E-state index is 5.47. The van der Waals surface area contributed by atoms with Crippen LogP contribution in [0.4, 0.5) is 0 Å². The monoisotopic (exact) mass is 254 g/mol. The van der Waals surface area contributed by atoms with Gasteiger partial charge in [0.05, 0.1) is 0 Å². The van der Waals surface area contributed by atoms with Gasteiger partial charge in [0.1, 0.15) is 0 Å². The van der Waals surface area contributed by atoms with E-state index in [1.165, 1.54) is 51.7 Å². The van der Waals surface area contributed by atoms with Gasteiger partial charge >= 0.3 is 0 Å². The van der Waals surface area contributed by atoms with Crippen LogP contribution in [0.1, 0.15) is 46.0 Å². The number of ether oxygens (including phenoxy) is 1. The topological polar surface area (TPSA) is 24.5 Å². The van der Waals surface area contributed by atoms with E-state index in [9.17, 15) is 0 Å². The Balaban J connectivity index is 1.84. The first-order valence-corrected chi connectivity index (χ1v) is 7.88. The molecule has 2 aliphatic heterocycles. The lowest BCUT2D eigenvalue weighted by Gasteiger charge is -2.42. The second-order valence-corrected chi connectivity index (χ2v) is 5.97. The molecule has 2 atom stereocenters. The molecule has 2 saturated heterocycles. The first-order valence-electron chi connectivity index (χ1n) is 7.88. The molecule has 2 fully saturated rings. The molecular weight excluding hydrogens is 224 g/mol. The van der Waals surface area contributed by atoms with Gasteiger partial charge in [0.25, 0.3) is 0 Å². The summed E-state index contributed by atoms with van der Waals surface area (Å²) in [6, 6.07) is 1.47. The molecule has 3 heteroatoms. The van der Waals surface area contributed by atoms with Gasteiger partial charge in [0.2, 0.25) is 0 Å². The molecule has 0 bridgehead atoms. The minimum absolute atomic E-state index is 0.720. The van der Waals surface area contributed by atoms with E-state index >= 15 is 0 Å². The second-order valence-electron chi connectivity index (χ2n) is 5.97. The Morgan fingerprint density at radius 3 is 2.67 bits per heavy atom. The third-order valence-corrected chi connectivity index (χ3v) is 4.56. The Kier molecular flexibility index (Phi) is 5.93. The summed E-state index contributed by atoms with van der Waals surface area (Å²) in [5, 5.41) is 3.72. The fraction of sp³-hybridized carbons (Fsp3) is 1.00. The van der Waals surface area contributed by atoms with Gasteiger partial charge in [0, 0.05) is 44.9 Å². The van der Waals surface area contributed by atoms with Crippen LogP contribution >= 0.6 is 0 Å². The maximum absolute atomic E-state index is 5.47. The van der Waals surface area contributed by atoms with Crippen molar-refractivity contribution in [1.29, 1.82) is 0 Å². The van der Waals surface area contributed by atoms with Crippen LogP contribution in [-0.2, 0) is 4.74 Å². The summed E-state index contributed by atoms with van der Waals surface area (Å²) in [5.41, 5.74) is 0. The van der Waals surface area contributed by atoms with E-state index in [0.29, 0.717) is 0 Å². The van der Waals surface area contributed by atoms with E-state index in [-0.39, 0.29) is 0 Å². The van der Waals surface area contributed by atoms with Gasteiger partial charge in [-0.3, -0.25) is 4.90 Å². The molecule has 2 heterocycles. The zero-order valence-electron chi connectivity index (χ0n) is 12.2.